The number of aromatic nitrogens is 1. The number of nitrogen functional groups attached to an aromatic ring is 1. The normalized spacial score (nSPS) is 22.8. The zero-order valence-corrected chi connectivity index (χ0v) is 7.68. The lowest BCUT2D eigenvalue weighted by Crippen LogP contribution is -1.94. The van der Waals surface area contributed by atoms with Gasteiger partial charge in [-0.15, -0.1) is 0 Å². The summed E-state index contributed by atoms with van der Waals surface area (Å²) in [5, 5.41) is 0.616. The molecule has 0 spiro atoms. The van der Waals surface area contributed by atoms with Crippen molar-refractivity contribution in [3.63, 3.8) is 0 Å². The SMILES string of the molecule is Nc1ccc(C2CCCS2)nc1. The van der Waals surface area contributed by atoms with Crippen LogP contribution in [0.15, 0.2) is 18.3 Å². The first kappa shape index (κ1) is 7.92. The van der Waals surface area contributed by atoms with Crippen LogP contribution in [0, 0.1) is 0 Å². The van der Waals surface area contributed by atoms with E-state index in [0.717, 1.165) is 5.69 Å². The van der Waals surface area contributed by atoms with Gasteiger partial charge in [0.25, 0.3) is 0 Å². The van der Waals surface area contributed by atoms with Gasteiger partial charge in [-0.1, -0.05) is 0 Å². The molecule has 1 unspecified atom stereocenters. The van der Waals surface area contributed by atoms with Gasteiger partial charge in [0, 0.05) is 5.25 Å². The molecule has 0 bridgehead atoms. The van der Waals surface area contributed by atoms with Crippen molar-refractivity contribution in [3.8, 4) is 0 Å². The number of nitrogens with two attached hydrogens (primary N) is 1. The zero-order valence-electron chi connectivity index (χ0n) is 6.86. The molecule has 2 heterocycles. The van der Waals surface area contributed by atoms with E-state index < -0.39 is 0 Å². The Bertz CT molecular complexity index is 252. The van der Waals surface area contributed by atoms with Crippen LogP contribution in [0.1, 0.15) is 23.8 Å². The van der Waals surface area contributed by atoms with Gasteiger partial charge in [-0.2, -0.15) is 11.8 Å². The van der Waals surface area contributed by atoms with Crippen molar-refractivity contribution in [2.45, 2.75) is 18.1 Å². The summed E-state index contributed by atoms with van der Waals surface area (Å²) in [5.74, 6) is 1.27. The van der Waals surface area contributed by atoms with Crippen molar-refractivity contribution in [2.24, 2.45) is 0 Å². The first-order chi connectivity index (χ1) is 5.86. The molecule has 1 saturated heterocycles. The second kappa shape index (κ2) is 3.35. The summed E-state index contributed by atoms with van der Waals surface area (Å²) in [6, 6.07) is 3.97. The zero-order chi connectivity index (χ0) is 8.39. The van der Waals surface area contributed by atoms with E-state index in [-0.39, 0.29) is 0 Å². The maximum atomic E-state index is 5.56. The highest BCUT2D eigenvalue weighted by molar-refractivity contribution is 7.99. The highest BCUT2D eigenvalue weighted by atomic mass is 32.2. The Morgan fingerprint density at radius 1 is 1.50 bits per heavy atom. The highest BCUT2D eigenvalue weighted by Gasteiger charge is 2.18. The van der Waals surface area contributed by atoms with Crippen LogP contribution in [0.3, 0.4) is 0 Å². The van der Waals surface area contributed by atoms with Gasteiger partial charge < -0.3 is 5.73 Å². The quantitative estimate of drug-likeness (QED) is 0.720. The molecule has 3 heteroatoms. The molecule has 2 nitrogen and oxygen atoms in total. The molecule has 2 rings (SSSR count). The highest BCUT2D eigenvalue weighted by Crippen LogP contribution is 2.38. The summed E-state index contributed by atoms with van der Waals surface area (Å²) in [4.78, 5) is 4.31. The second-order valence-electron chi connectivity index (χ2n) is 3.02. The summed E-state index contributed by atoms with van der Waals surface area (Å²) in [6.45, 7) is 0. The first-order valence-electron chi connectivity index (χ1n) is 4.19. The van der Waals surface area contributed by atoms with Crippen LogP contribution in [0.4, 0.5) is 5.69 Å². The lowest BCUT2D eigenvalue weighted by molar-refractivity contribution is 0.807. The molecule has 0 amide bonds. The summed E-state index contributed by atoms with van der Waals surface area (Å²) < 4.78 is 0. The lowest BCUT2D eigenvalue weighted by Gasteiger charge is -2.06. The lowest BCUT2D eigenvalue weighted by atomic mass is 10.2. The van der Waals surface area contributed by atoms with Crippen molar-refractivity contribution in [1.29, 1.82) is 0 Å². The molecule has 1 aliphatic rings. The number of thioether (sulfide) groups is 1. The molecule has 1 fully saturated rings. The topological polar surface area (TPSA) is 38.9 Å². The fourth-order valence-corrected chi connectivity index (χ4v) is 2.68. The van der Waals surface area contributed by atoms with Gasteiger partial charge in [0.2, 0.25) is 0 Å². The number of nitrogens with zero attached hydrogens (tertiary/aromatic N) is 1. The predicted molar refractivity (Wildman–Crippen MR) is 53.1 cm³/mol. The Morgan fingerprint density at radius 3 is 3.00 bits per heavy atom. The number of anilines is 1. The van der Waals surface area contributed by atoms with Crippen molar-refractivity contribution in [3.05, 3.63) is 24.0 Å². The molecular weight excluding hydrogens is 168 g/mol. The third kappa shape index (κ3) is 1.55. The number of pyridine rings is 1. The fourth-order valence-electron chi connectivity index (χ4n) is 1.42. The Kier molecular flexibility index (Phi) is 2.21. The largest absolute Gasteiger partial charge is 0.397 e. The van der Waals surface area contributed by atoms with E-state index in [0.29, 0.717) is 5.25 Å². The van der Waals surface area contributed by atoms with E-state index in [2.05, 4.69) is 4.98 Å². The van der Waals surface area contributed by atoms with Crippen molar-refractivity contribution in [2.75, 3.05) is 11.5 Å². The Labute approximate surface area is 76.6 Å². The van der Waals surface area contributed by atoms with Crippen LogP contribution in [0.2, 0.25) is 0 Å². The standard InChI is InChI=1S/C9H12N2S/c10-7-3-4-8(11-6-7)9-2-1-5-12-9/h3-4,6,9H,1-2,5,10H2. The number of hydrogen-bond acceptors (Lipinski definition) is 3. The Morgan fingerprint density at radius 2 is 2.42 bits per heavy atom. The number of hydrogen-bond donors (Lipinski definition) is 1. The molecule has 64 valence electrons. The molecule has 0 aromatic carbocycles. The van der Waals surface area contributed by atoms with Crippen LogP contribution in [0.5, 0.6) is 0 Å². The van der Waals surface area contributed by atoms with E-state index in [4.69, 9.17) is 5.73 Å². The van der Waals surface area contributed by atoms with Crippen molar-refractivity contribution >= 4 is 17.4 Å². The average Bonchev–Trinajstić information content (AvgIpc) is 2.58. The molecule has 1 atom stereocenters. The van der Waals surface area contributed by atoms with Crippen LogP contribution in [-0.4, -0.2) is 10.7 Å². The average molecular weight is 180 g/mol. The molecule has 1 aromatic heterocycles. The van der Waals surface area contributed by atoms with Gasteiger partial charge in [-0.25, -0.2) is 0 Å². The fraction of sp³-hybridized carbons (Fsp3) is 0.444. The molecule has 0 saturated carbocycles. The van der Waals surface area contributed by atoms with Gasteiger partial charge in [0.1, 0.15) is 0 Å². The first-order valence-corrected chi connectivity index (χ1v) is 5.24. The third-order valence-electron chi connectivity index (χ3n) is 2.07. The second-order valence-corrected chi connectivity index (χ2v) is 4.33. The minimum atomic E-state index is 0.616. The molecule has 12 heavy (non-hydrogen) atoms. The molecular formula is C9H12N2S. The Hall–Kier alpha value is -0.700. The third-order valence-corrected chi connectivity index (χ3v) is 3.47. The minimum absolute atomic E-state index is 0.616. The molecule has 0 radical (unpaired) electrons. The molecule has 2 N–H and O–H groups in total. The van der Waals surface area contributed by atoms with Gasteiger partial charge >= 0.3 is 0 Å². The van der Waals surface area contributed by atoms with Crippen LogP contribution in [0.25, 0.3) is 0 Å². The summed E-state index contributed by atoms with van der Waals surface area (Å²) in [6.07, 6.45) is 4.33. The predicted octanol–water partition coefficient (Wildman–Crippen LogP) is 2.23. The monoisotopic (exact) mass is 180 g/mol. The smallest absolute Gasteiger partial charge is 0.0535 e. The van der Waals surface area contributed by atoms with E-state index in [9.17, 15) is 0 Å². The van der Waals surface area contributed by atoms with Gasteiger partial charge in [-0.3, -0.25) is 4.98 Å². The number of rotatable bonds is 1. The maximum absolute atomic E-state index is 5.56. The van der Waals surface area contributed by atoms with Crippen LogP contribution < -0.4 is 5.73 Å². The minimum Gasteiger partial charge on any atom is -0.397 e. The van der Waals surface area contributed by atoms with Crippen LogP contribution >= 0.6 is 11.8 Å². The van der Waals surface area contributed by atoms with E-state index in [1.54, 1.807) is 6.20 Å². The summed E-state index contributed by atoms with van der Waals surface area (Å²) in [7, 11) is 0. The Balaban J connectivity index is 2.17. The van der Waals surface area contributed by atoms with Crippen molar-refractivity contribution in [1.82, 2.24) is 4.98 Å². The van der Waals surface area contributed by atoms with Crippen molar-refractivity contribution < 1.29 is 0 Å². The van der Waals surface area contributed by atoms with E-state index >= 15 is 0 Å². The van der Waals surface area contributed by atoms with Gasteiger partial charge in [0.05, 0.1) is 17.6 Å². The molecule has 0 aliphatic carbocycles. The molecule has 1 aromatic rings. The maximum Gasteiger partial charge on any atom is 0.0535 e. The summed E-state index contributed by atoms with van der Waals surface area (Å²) in [5.41, 5.74) is 7.49. The summed E-state index contributed by atoms with van der Waals surface area (Å²) >= 11 is 2.00. The molecule has 1 aliphatic heterocycles. The van der Waals surface area contributed by atoms with E-state index in [1.165, 1.54) is 24.3 Å². The van der Waals surface area contributed by atoms with Gasteiger partial charge in [-0.05, 0) is 30.7 Å². The van der Waals surface area contributed by atoms with Gasteiger partial charge in [0.15, 0.2) is 0 Å². The van der Waals surface area contributed by atoms with E-state index in [1.807, 2.05) is 23.9 Å². The van der Waals surface area contributed by atoms with Crippen LogP contribution in [-0.2, 0) is 0 Å².